The standard InChI is InChI=1S/C36H25FN4O4S2/c1-20-16-25-28(17-21(20)2)45-31-29(30(25)42)36(26-10-6-7-11-27(26)40(33(36)44)18-22-8-4-3-5-9-22)41(32(31)43)34-38-39-35(47-34)46-19-23-12-14-24(37)15-13-23/h3-17H,18-19H2,1-2H3. The fourth-order valence-corrected chi connectivity index (χ4v) is 8.27. The average Bonchev–Trinajstić information content (AvgIpc) is 3.71. The van der Waals surface area contributed by atoms with Crippen molar-refractivity contribution in [3.63, 3.8) is 0 Å². The summed E-state index contributed by atoms with van der Waals surface area (Å²) < 4.78 is 20.3. The predicted octanol–water partition coefficient (Wildman–Crippen LogP) is 7.14. The van der Waals surface area contributed by atoms with Gasteiger partial charge >= 0.3 is 0 Å². The van der Waals surface area contributed by atoms with Crippen LogP contribution in [0.25, 0.3) is 11.0 Å². The summed E-state index contributed by atoms with van der Waals surface area (Å²) >= 11 is 2.52. The second-order valence-corrected chi connectivity index (χ2v) is 13.8. The number of anilines is 2. The summed E-state index contributed by atoms with van der Waals surface area (Å²) in [6.07, 6.45) is 0. The zero-order chi connectivity index (χ0) is 32.4. The molecule has 232 valence electrons. The van der Waals surface area contributed by atoms with Gasteiger partial charge in [-0.25, -0.2) is 4.39 Å². The molecule has 0 fully saturated rings. The minimum atomic E-state index is -1.87. The van der Waals surface area contributed by atoms with Crippen LogP contribution in [0.5, 0.6) is 0 Å². The average molecular weight is 661 g/mol. The van der Waals surface area contributed by atoms with Gasteiger partial charge in [0.15, 0.2) is 15.3 Å². The number of aryl methyl sites for hydroxylation is 2. The van der Waals surface area contributed by atoms with Crippen molar-refractivity contribution in [3.05, 3.63) is 146 Å². The maximum atomic E-state index is 15.1. The monoisotopic (exact) mass is 660 g/mol. The van der Waals surface area contributed by atoms with Gasteiger partial charge in [0.25, 0.3) is 11.8 Å². The Bertz CT molecular complexity index is 2300. The van der Waals surface area contributed by atoms with E-state index in [0.717, 1.165) is 33.6 Å². The number of thioether (sulfide) groups is 1. The minimum Gasteiger partial charge on any atom is -0.450 e. The molecule has 1 atom stereocenters. The smallest absolute Gasteiger partial charge is 0.297 e. The number of nitrogens with zero attached hydrogens (tertiary/aromatic N) is 4. The second kappa shape index (κ2) is 11.0. The number of benzene rings is 4. The zero-order valence-corrected chi connectivity index (χ0v) is 26.8. The third kappa shape index (κ3) is 4.44. The van der Waals surface area contributed by atoms with Gasteiger partial charge in [0.05, 0.1) is 23.2 Å². The molecular weight excluding hydrogens is 636 g/mol. The number of para-hydroxylation sites is 1. The number of carbonyl (C=O) groups is 2. The normalized spacial score (nSPS) is 16.8. The highest BCUT2D eigenvalue weighted by molar-refractivity contribution is 8.00. The van der Waals surface area contributed by atoms with Crippen molar-refractivity contribution in [2.24, 2.45) is 0 Å². The van der Waals surface area contributed by atoms with Gasteiger partial charge in [-0.3, -0.25) is 19.3 Å². The summed E-state index contributed by atoms with van der Waals surface area (Å²) in [7, 11) is 0. The molecule has 47 heavy (non-hydrogen) atoms. The van der Waals surface area contributed by atoms with Crippen molar-refractivity contribution in [2.45, 2.75) is 36.0 Å². The molecule has 1 spiro atoms. The van der Waals surface area contributed by atoms with Gasteiger partial charge < -0.3 is 9.32 Å². The van der Waals surface area contributed by atoms with Gasteiger partial charge in [0.1, 0.15) is 11.4 Å². The lowest BCUT2D eigenvalue weighted by Crippen LogP contribution is -2.53. The third-order valence-electron chi connectivity index (χ3n) is 8.79. The molecule has 4 aromatic carbocycles. The summed E-state index contributed by atoms with van der Waals surface area (Å²) in [6, 6.07) is 26.5. The predicted molar refractivity (Wildman–Crippen MR) is 179 cm³/mol. The lowest BCUT2D eigenvalue weighted by molar-refractivity contribution is -0.121. The Morgan fingerprint density at radius 1 is 0.872 bits per heavy atom. The molecule has 0 radical (unpaired) electrons. The first-order valence-electron chi connectivity index (χ1n) is 14.9. The molecule has 4 heterocycles. The number of amides is 2. The Kier molecular flexibility index (Phi) is 6.85. The van der Waals surface area contributed by atoms with E-state index in [1.165, 1.54) is 28.8 Å². The summed E-state index contributed by atoms with van der Waals surface area (Å²) in [4.78, 5) is 47.2. The third-order valence-corrected chi connectivity index (χ3v) is 10.9. The summed E-state index contributed by atoms with van der Waals surface area (Å²) in [5.74, 6) is -1.12. The Morgan fingerprint density at radius 3 is 2.38 bits per heavy atom. The van der Waals surface area contributed by atoms with Crippen LogP contribution in [0.1, 0.15) is 43.9 Å². The first kappa shape index (κ1) is 29.3. The van der Waals surface area contributed by atoms with E-state index in [-0.39, 0.29) is 34.4 Å². The Hall–Kier alpha value is -5.13. The van der Waals surface area contributed by atoms with Crippen LogP contribution in [0, 0.1) is 19.7 Å². The maximum absolute atomic E-state index is 15.1. The highest BCUT2D eigenvalue weighted by Gasteiger charge is 2.66. The van der Waals surface area contributed by atoms with E-state index in [4.69, 9.17) is 4.42 Å². The topological polar surface area (TPSA) is 96.6 Å². The molecular formula is C36H25FN4O4S2. The SMILES string of the molecule is Cc1cc2oc3c(c(=O)c2cc1C)C1(C(=O)N(Cc2ccccc2)c2ccccc21)N(c1nnc(SCc2ccc(F)cc2)s1)C3=O. The number of rotatable bonds is 6. The quantitative estimate of drug-likeness (QED) is 0.138. The molecule has 2 amide bonds. The number of fused-ring (bicyclic) bond motifs is 5. The van der Waals surface area contributed by atoms with Crippen molar-refractivity contribution < 1.29 is 18.4 Å². The van der Waals surface area contributed by atoms with Crippen molar-refractivity contribution in [3.8, 4) is 0 Å². The lowest BCUT2D eigenvalue weighted by atomic mass is 9.84. The molecule has 1 unspecified atom stereocenters. The molecule has 0 saturated carbocycles. The molecule has 6 aromatic rings. The molecule has 2 aromatic heterocycles. The number of carbonyl (C=O) groups excluding carboxylic acids is 2. The van der Waals surface area contributed by atoms with Crippen LogP contribution >= 0.6 is 23.1 Å². The molecule has 0 bridgehead atoms. The molecule has 2 aliphatic heterocycles. The van der Waals surface area contributed by atoms with Crippen LogP contribution in [0.4, 0.5) is 15.2 Å². The molecule has 0 N–H and O–H groups in total. The Labute approximate surface area is 276 Å². The highest BCUT2D eigenvalue weighted by atomic mass is 32.2. The van der Waals surface area contributed by atoms with E-state index in [9.17, 15) is 14.0 Å². The van der Waals surface area contributed by atoms with Gasteiger partial charge in [0, 0.05) is 11.3 Å². The van der Waals surface area contributed by atoms with E-state index in [0.29, 0.717) is 26.7 Å². The van der Waals surface area contributed by atoms with Gasteiger partial charge in [0.2, 0.25) is 10.9 Å². The molecule has 0 saturated heterocycles. The summed E-state index contributed by atoms with van der Waals surface area (Å²) in [6.45, 7) is 4.03. The lowest BCUT2D eigenvalue weighted by Gasteiger charge is -2.32. The first-order chi connectivity index (χ1) is 22.8. The van der Waals surface area contributed by atoms with Crippen LogP contribution in [0.2, 0.25) is 0 Å². The van der Waals surface area contributed by atoms with Crippen LogP contribution in [0.15, 0.2) is 105 Å². The van der Waals surface area contributed by atoms with Gasteiger partial charge in [-0.05, 0) is 66.4 Å². The Morgan fingerprint density at radius 2 is 1.60 bits per heavy atom. The van der Waals surface area contributed by atoms with Crippen LogP contribution in [-0.4, -0.2) is 22.0 Å². The number of halogens is 1. The van der Waals surface area contributed by atoms with Crippen molar-refractivity contribution in [1.82, 2.24) is 10.2 Å². The van der Waals surface area contributed by atoms with Crippen LogP contribution < -0.4 is 15.2 Å². The largest absolute Gasteiger partial charge is 0.450 e. The summed E-state index contributed by atoms with van der Waals surface area (Å²) in [5, 5.41) is 9.19. The van der Waals surface area contributed by atoms with Crippen molar-refractivity contribution in [2.75, 3.05) is 9.80 Å². The fraction of sp³-hybridized carbons (Fsp3) is 0.139. The fourth-order valence-electron chi connectivity index (χ4n) is 6.42. The number of hydrogen-bond acceptors (Lipinski definition) is 8. The zero-order valence-electron chi connectivity index (χ0n) is 25.2. The van der Waals surface area contributed by atoms with E-state index < -0.39 is 22.8 Å². The van der Waals surface area contributed by atoms with E-state index in [1.807, 2.05) is 56.3 Å². The first-order valence-corrected chi connectivity index (χ1v) is 16.7. The van der Waals surface area contributed by atoms with Gasteiger partial charge in [-0.15, -0.1) is 10.2 Å². The van der Waals surface area contributed by atoms with Crippen LogP contribution in [0.3, 0.4) is 0 Å². The molecule has 2 aliphatic rings. The molecule has 0 aliphatic carbocycles. The van der Waals surface area contributed by atoms with Gasteiger partial charge in [-0.2, -0.15) is 0 Å². The number of aromatic nitrogens is 2. The van der Waals surface area contributed by atoms with E-state index in [2.05, 4.69) is 10.2 Å². The number of hydrogen-bond donors (Lipinski definition) is 0. The minimum absolute atomic E-state index is 0.0259. The van der Waals surface area contributed by atoms with E-state index in [1.54, 1.807) is 41.3 Å². The van der Waals surface area contributed by atoms with Gasteiger partial charge in [-0.1, -0.05) is 83.8 Å². The summed E-state index contributed by atoms with van der Waals surface area (Å²) in [5.41, 5.74) is 2.56. The molecule has 11 heteroatoms. The highest BCUT2D eigenvalue weighted by Crippen LogP contribution is 2.55. The molecule has 8 rings (SSSR count). The van der Waals surface area contributed by atoms with Crippen molar-refractivity contribution in [1.29, 1.82) is 0 Å². The maximum Gasteiger partial charge on any atom is 0.297 e. The van der Waals surface area contributed by atoms with E-state index >= 15 is 4.79 Å². The Balaban J connectivity index is 1.33. The van der Waals surface area contributed by atoms with Crippen molar-refractivity contribution >= 4 is 56.7 Å². The van der Waals surface area contributed by atoms with Crippen LogP contribution in [-0.2, 0) is 22.6 Å². The molecule has 8 nitrogen and oxygen atoms in total. The second-order valence-electron chi connectivity index (χ2n) is 11.6.